The van der Waals surface area contributed by atoms with Gasteiger partial charge < -0.3 is 11.5 Å². The van der Waals surface area contributed by atoms with E-state index in [0.29, 0.717) is 17.7 Å². The van der Waals surface area contributed by atoms with Gasteiger partial charge in [-0.1, -0.05) is 65.7 Å². The molecule has 6 heteroatoms. The summed E-state index contributed by atoms with van der Waals surface area (Å²) >= 11 is 0. The van der Waals surface area contributed by atoms with Crippen LogP contribution in [0.15, 0.2) is 6.33 Å². The molecule has 1 unspecified atom stereocenters. The molecule has 1 aromatic rings. The number of hydrogen-bond donors (Lipinski definition) is 2. The quantitative estimate of drug-likeness (QED) is 0.490. The van der Waals surface area contributed by atoms with Crippen LogP contribution in [0.25, 0.3) is 0 Å². The third-order valence-electron chi connectivity index (χ3n) is 4.72. The maximum Gasteiger partial charge on any atom is 0.223 e. The van der Waals surface area contributed by atoms with Gasteiger partial charge in [0.2, 0.25) is 5.95 Å². The molecule has 0 fully saturated rings. The van der Waals surface area contributed by atoms with Gasteiger partial charge in [-0.3, -0.25) is 0 Å². The molecule has 1 aromatic heterocycles. The summed E-state index contributed by atoms with van der Waals surface area (Å²) in [5, 5.41) is 0. The number of nitrogen functional groups attached to an aromatic ring is 1. The minimum Gasteiger partial charge on any atom is -0.368 e. The van der Waals surface area contributed by atoms with Crippen molar-refractivity contribution in [2.24, 2.45) is 11.1 Å². The lowest BCUT2D eigenvalue weighted by Crippen LogP contribution is -2.25. The summed E-state index contributed by atoms with van der Waals surface area (Å²) in [7, 11) is 0. The van der Waals surface area contributed by atoms with Crippen molar-refractivity contribution >= 4 is 18.4 Å². The number of nitrogens with zero attached hydrogens (tertiary/aromatic N) is 3. The van der Waals surface area contributed by atoms with Crippen molar-refractivity contribution in [2.75, 3.05) is 5.73 Å². The average molecular weight is 372 g/mol. The molecule has 0 saturated heterocycles. The van der Waals surface area contributed by atoms with E-state index in [1.54, 1.807) is 0 Å². The highest BCUT2D eigenvalue weighted by atomic mass is 35.5. The second-order valence-electron chi connectivity index (χ2n) is 7.80. The van der Waals surface area contributed by atoms with Crippen LogP contribution in [-0.4, -0.2) is 21.0 Å². The van der Waals surface area contributed by atoms with Crippen molar-refractivity contribution in [2.45, 2.75) is 97.4 Å². The van der Waals surface area contributed by atoms with Crippen molar-refractivity contribution in [1.29, 1.82) is 0 Å². The Morgan fingerprint density at radius 2 is 1.64 bits per heavy atom. The van der Waals surface area contributed by atoms with Gasteiger partial charge in [0.1, 0.15) is 12.2 Å². The maximum absolute atomic E-state index is 6.21. The summed E-state index contributed by atoms with van der Waals surface area (Å²) in [5.74, 6) is 0.966. The fourth-order valence-corrected chi connectivity index (χ4v) is 3.13. The standard InChI is InChI=1S/C19H37N5.ClH/c1-4-5-6-7-8-9-12-19(2,3)13-10-11-16(20)14-17-22-15-23-18(21)24-17;/h15-16H,4-14,20H2,1-3H3,(H2,21,22,23,24);1H. The lowest BCUT2D eigenvalue weighted by molar-refractivity contribution is 0.280. The molecule has 5 nitrogen and oxygen atoms in total. The van der Waals surface area contributed by atoms with E-state index in [-0.39, 0.29) is 24.4 Å². The van der Waals surface area contributed by atoms with Crippen LogP contribution in [-0.2, 0) is 6.42 Å². The minimum atomic E-state index is 0. The van der Waals surface area contributed by atoms with Gasteiger partial charge >= 0.3 is 0 Å². The van der Waals surface area contributed by atoms with E-state index in [1.807, 2.05) is 0 Å². The molecule has 1 heterocycles. The molecule has 0 aromatic carbocycles. The largest absolute Gasteiger partial charge is 0.368 e. The molecular formula is C19H38ClN5. The maximum atomic E-state index is 6.21. The van der Waals surface area contributed by atoms with Crippen molar-refractivity contribution in [3.8, 4) is 0 Å². The molecule has 4 N–H and O–H groups in total. The number of halogens is 1. The molecular weight excluding hydrogens is 334 g/mol. The Morgan fingerprint density at radius 1 is 1.00 bits per heavy atom. The SMILES string of the molecule is CCCCCCCCC(C)(C)CCCC(N)Cc1ncnc(N)n1.Cl. The Balaban J connectivity index is 0.00000576. The first kappa shape index (κ1) is 24.1. The van der Waals surface area contributed by atoms with Crippen LogP contribution >= 0.6 is 12.4 Å². The first-order valence-electron chi connectivity index (χ1n) is 9.62. The van der Waals surface area contributed by atoms with Crippen LogP contribution in [0.1, 0.15) is 90.8 Å². The second-order valence-corrected chi connectivity index (χ2v) is 7.80. The molecule has 1 rings (SSSR count). The Morgan fingerprint density at radius 3 is 2.32 bits per heavy atom. The Bertz CT molecular complexity index is 453. The van der Waals surface area contributed by atoms with Gasteiger partial charge in [-0.15, -0.1) is 12.4 Å². The molecule has 25 heavy (non-hydrogen) atoms. The van der Waals surface area contributed by atoms with E-state index in [2.05, 4.69) is 35.7 Å². The molecule has 146 valence electrons. The van der Waals surface area contributed by atoms with E-state index in [4.69, 9.17) is 11.5 Å². The summed E-state index contributed by atoms with van der Waals surface area (Å²) in [6.07, 6.45) is 15.1. The lowest BCUT2D eigenvalue weighted by atomic mass is 9.81. The van der Waals surface area contributed by atoms with E-state index < -0.39 is 0 Å². The normalized spacial score (nSPS) is 12.6. The summed E-state index contributed by atoms with van der Waals surface area (Å²) in [6.45, 7) is 7.04. The highest BCUT2D eigenvalue weighted by Gasteiger charge is 2.17. The number of anilines is 1. The Hall–Kier alpha value is -0.940. The summed E-state index contributed by atoms with van der Waals surface area (Å²) in [4.78, 5) is 12.1. The number of nitrogens with two attached hydrogens (primary N) is 2. The molecule has 0 aliphatic rings. The van der Waals surface area contributed by atoms with Crippen molar-refractivity contribution in [3.63, 3.8) is 0 Å². The zero-order valence-corrected chi connectivity index (χ0v) is 17.2. The smallest absolute Gasteiger partial charge is 0.223 e. The van der Waals surface area contributed by atoms with Crippen LogP contribution in [0, 0.1) is 5.41 Å². The highest BCUT2D eigenvalue weighted by molar-refractivity contribution is 5.85. The van der Waals surface area contributed by atoms with E-state index in [1.165, 1.54) is 57.7 Å². The van der Waals surface area contributed by atoms with Gasteiger partial charge in [0.25, 0.3) is 0 Å². The third-order valence-corrected chi connectivity index (χ3v) is 4.72. The third kappa shape index (κ3) is 12.1. The van der Waals surface area contributed by atoms with Gasteiger partial charge in [-0.2, -0.15) is 4.98 Å². The van der Waals surface area contributed by atoms with Gasteiger partial charge in [0.05, 0.1) is 0 Å². The summed E-state index contributed by atoms with van der Waals surface area (Å²) < 4.78 is 0. The van der Waals surface area contributed by atoms with Crippen molar-refractivity contribution in [1.82, 2.24) is 15.0 Å². The highest BCUT2D eigenvalue weighted by Crippen LogP contribution is 2.30. The molecule has 0 spiro atoms. The van der Waals surface area contributed by atoms with Crippen LogP contribution in [0.3, 0.4) is 0 Å². The fourth-order valence-electron chi connectivity index (χ4n) is 3.13. The van der Waals surface area contributed by atoms with E-state index in [9.17, 15) is 0 Å². The average Bonchev–Trinajstić information content (AvgIpc) is 2.50. The van der Waals surface area contributed by atoms with Gasteiger partial charge in [-0.05, 0) is 24.7 Å². The van der Waals surface area contributed by atoms with Crippen LogP contribution in [0.4, 0.5) is 5.95 Å². The first-order valence-corrected chi connectivity index (χ1v) is 9.62. The summed E-state index contributed by atoms with van der Waals surface area (Å²) in [6, 6.07) is 0.0941. The van der Waals surface area contributed by atoms with Crippen LogP contribution in [0.5, 0.6) is 0 Å². The Labute approximate surface area is 160 Å². The molecule has 0 aliphatic carbocycles. The first-order chi connectivity index (χ1) is 11.4. The van der Waals surface area contributed by atoms with Crippen LogP contribution in [0.2, 0.25) is 0 Å². The van der Waals surface area contributed by atoms with Gasteiger partial charge in [-0.25, -0.2) is 9.97 Å². The predicted octanol–water partition coefficient (Wildman–Crippen LogP) is 4.69. The van der Waals surface area contributed by atoms with Gasteiger partial charge in [0, 0.05) is 12.5 Å². The summed E-state index contributed by atoms with van der Waals surface area (Å²) in [5.41, 5.74) is 12.2. The molecule has 0 amide bonds. The van der Waals surface area contributed by atoms with Crippen molar-refractivity contribution < 1.29 is 0 Å². The number of rotatable bonds is 13. The molecule has 0 radical (unpaired) electrons. The molecule has 1 atom stereocenters. The predicted molar refractivity (Wildman–Crippen MR) is 109 cm³/mol. The van der Waals surface area contributed by atoms with Gasteiger partial charge in [0.15, 0.2) is 0 Å². The number of unbranched alkanes of at least 4 members (excludes halogenated alkanes) is 5. The van der Waals surface area contributed by atoms with E-state index in [0.717, 1.165) is 12.8 Å². The zero-order valence-electron chi connectivity index (χ0n) is 16.3. The van der Waals surface area contributed by atoms with Crippen LogP contribution < -0.4 is 11.5 Å². The fraction of sp³-hybridized carbons (Fsp3) is 0.842. The molecule has 0 saturated carbocycles. The Kier molecular flexibility index (Phi) is 12.8. The topological polar surface area (TPSA) is 90.7 Å². The molecule has 0 bridgehead atoms. The monoisotopic (exact) mass is 371 g/mol. The molecule has 0 aliphatic heterocycles. The number of aromatic nitrogens is 3. The number of hydrogen-bond acceptors (Lipinski definition) is 5. The second kappa shape index (κ2) is 13.3. The van der Waals surface area contributed by atoms with E-state index >= 15 is 0 Å². The lowest BCUT2D eigenvalue weighted by Gasteiger charge is -2.25. The zero-order chi connectivity index (χ0) is 17.8. The minimum absolute atomic E-state index is 0. The van der Waals surface area contributed by atoms with Crippen molar-refractivity contribution in [3.05, 3.63) is 12.2 Å².